The number of aromatic nitrogens is 7. The summed E-state index contributed by atoms with van der Waals surface area (Å²) in [6.45, 7) is 4.30. The van der Waals surface area contributed by atoms with Crippen LogP contribution in [0.25, 0.3) is 27.9 Å². The molecule has 0 amide bonds. The van der Waals surface area contributed by atoms with Gasteiger partial charge in [0.25, 0.3) is 0 Å². The minimum absolute atomic E-state index is 0.256. The van der Waals surface area contributed by atoms with Crippen LogP contribution in [-0.4, -0.2) is 40.6 Å². The van der Waals surface area contributed by atoms with Gasteiger partial charge in [0.15, 0.2) is 11.5 Å². The van der Waals surface area contributed by atoms with Gasteiger partial charge in [-0.2, -0.15) is 14.6 Å². The standard InChI is InChI=1S/C24H24N8/c1-14(2)19-12-27-32-23(19)30-22(15-10-25-13-26-11-15)31-24(32)28-16-7-8-21-18(9-16)17-5-3-4-6-20(17)29-21/h3-6,10-14,16,29H,7-9H2,1-2H3,(H,28,30,31)/t16-/m1/s1. The third kappa shape index (κ3) is 3.10. The number of para-hydroxylation sites is 1. The first-order valence-electron chi connectivity index (χ1n) is 11.0. The van der Waals surface area contributed by atoms with Crippen molar-refractivity contribution in [3.8, 4) is 11.4 Å². The Bertz CT molecular complexity index is 1420. The average Bonchev–Trinajstić information content (AvgIpc) is 3.41. The number of benzene rings is 1. The highest BCUT2D eigenvalue weighted by atomic mass is 15.4. The van der Waals surface area contributed by atoms with Gasteiger partial charge in [0.2, 0.25) is 5.95 Å². The maximum Gasteiger partial charge on any atom is 0.228 e. The lowest BCUT2D eigenvalue weighted by Crippen LogP contribution is -2.29. The number of hydrogen-bond acceptors (Lipinski definition) is 6. The third-order valence-electron chi connectivity index (χ3n) is 6.26. The second-order valence-electron chi connectivity index (χ2n) is 8.70. The molecule has 0 spiro atoms. The quantitative estimate of drug-likeness (QED) is 0.450. The fourth-order valence-electron chi connectivity index (χ4n) is 4.61. The Morgan fingerprint density at radius 1 is 1.09 bits per heavy atom. The van der Waals surface area contributed by atoms with E-state index in [1.165, 1.54) is 28.5 Å². The number of nitrogens with one attached hydrogen (secondary N) is 2. The van der Waals surface area contributed by atoms with Crippen LogP contribution in [0.5, 0.6) is 0 Å². The number of aromatic amines is 1. The molecule has 1 aliphatic carbocycles. The lowest BCUT2D eigenvalue weighted by atomic mass is 9.91. The fourth-order valence-corrected chi connectivity index (χ4v) is 4.61. The number of hydrogen-bond donors (Lipinski definition) is 2. The van der Waals surface area contributed by atoms with Crippen LogP contribution in [0.4, 0.5) is 5.95 Å². The number of H-pyrrole nitrogens is 1. The molecule has 5 aromatic rings. The van der Waals surface area contributed by atoms with Gasteiger partial charge in [0.1, 0.15) is 6.33 Å². The number of rotatable bonds is 4. The van der Waals surface area contributed by atoms with Gasteiger partial charge in [-0.15, -0.1) is 0 Å². The topological polar surface area (TPSA) is 96.7 Å². The van der Waals surface area contributed by atoms with Crippen LogP contribution in [-0.2, 0) is 12.8 Å². The van der Waals surface area contributed by atoms with Gasteiger partial charge < -0.3 is 10.3 Å². The van der Waals surface area contributed by atoms with E-state index in [-0.39, 0.29) is 6.04 Å². The Hall–Kier alpha value is -3.81. The molecule has 4 aromatic heterocycles. The van der Waals surface area contributed by atoms with Crippen LogP contribution in [0.2, 0.25) is 0 Å². The molecule has 1 atom stereocenters. The Morgan fingerprint density at radius 2 is 1.94 bits per heavy atom. The molecule has 1 aromatic carbocycles. The smallest absolute Gasteiger partial charge is 0.228 e. The summed E-state index contributed by atoms with van der Waals surface area (Å²) in [7, 11) is 0. The number of fused-ring (bicyclic) bond motifs is 4. The summed E-state index contributed by atoms with van der Waals surface area (Å²) in [5.41, 5.74) is 6.66. The van der Waals surface area contributed by atoms with Gasteiger partial charge >= 0.3 is 0 Å². The molecule has 0 unspecified atom stereocenters. The van der Waals surface area contributed by atoms with Crippen molar-refractivity contribution >= 4 is 22.5 Å². The van der Waals surface area contributed by atoms with Crippen molar-refractivity contribution in [1.29, 1.82) is 0 Å². The monoisotopic (exact) mass is 424 g/mol. The molecular formula is C24H24N8. The second-order valence-corrected chi connectivity index (χ2v) is 8.70. The molecule has 0 saturated heterocycles. The van der Waals surface area contributed by atoms with E-state index in [0.29, 0.717) is 17.7 Å². The van der Waals surface area contributed by atoms with Crippen LogP contribution in [0.1, 0.15) is 43.0 Å². The summed E-state index contributed by atoms with van der Waals surface area (Å²) in [6, 6.07) is 8.79. The first-order chi connectivity index (χ1) is 15.7. The molecule has 1 aliphatic rings. The van der Waals surface area contributed by atoms with E-state index in [4.69, 9.17) is 9.97 Å². The zero-order chi connectivity index (χ0) is 21.7. The summed E-state index contributed by atoms with van der Waals surface area (Å²) in [5, 5.41) is 9.60. The normalized spacial score (nSPS) is 16.0. The van der Waals surface area contributed by atoms with Gasteiger partial charge in [-0.05, 0) is 36.8 Å². The van der Waals surface area contributed by atoms with Crippen molar-refractivity contribution in [3.05, 3.63) is 66.0 Å². The molecule has 8 heteroatoms. The first kappa shape index (κ1) is 18.9. The van der Waals surface area contributed by atoms with Gasteiger partial charge in [0.05, 0.1) is 11.8 Å². The van der Waals surface area contributed by atoms with Crippen molar-refractivity contribution in [1.82, 2.24) is 34.5 Å². The minimum atomic E-state index is 0.256. The SMILES string of the molecule is CC(C)c1cnn2c(N[C@@H]3CCc4[nH]c5ccccc5c4C3)nc(-c3cncnc3)nc12. The summed E-state index contributed by atoms with van der Waals surface area (Å²) >= 11 is 0. The van der Waals surface area contributed by atoms with E-state index in [0.717, 1.165) is 36.0 Å². The highest BCUT2D eigenvalue weighted by molar-refractivity contribution is 5.85. The summed E-state index contributed by atoms with van der Waals surface area (Å²) in [4.78, 5) is 21.5. The van der Waals surface area contributed by atoms with Crippen LogP contribution in [0.3, 0.4) is 0 Å². The largest absolute Gasteiger partial charge is 0.358 e. The molecule has 0 bridgehead atoms. The highest BCUT2D eigenvalue weighted by Gasteiger charge is 2.24. The molecule has 32 heavy (non-hydrogen) atoms. The van der Waals surface area contributed by atoms with Crippen LogP contribution < -0.4 is 5.32 Å². The summed E-state index contributed by atoms with van der Waals surface area (Å²) in [6.07, 6.45) is 9.86. The Labute approximate surface area is 185 Å². The number of aryl methyl sites for hydroxylation is 1. The van der Waals surface area contributed by atoms with E-state index < -0.39 is 0 Å². The zero-order valence-corrected chi connectivity index (χ0v) is 18.1. The number of nitrogens with zero attached hydrogens (tertiary/aromatic N) is 6. The van der Waals surface area contributed by atoms with E-state index in [9.17, 15) is 0 Å². The van der Waals surface area contributed by atoms with E-state index in [1.54, 1.807) is 12.4 Å². The minimum Gasteiger partial charge on any atom is -0.358 e. The van der Waals surface area contributed by atoms with Gasteiger partial charge in [-0.25, -0.2) is 15.0 Å². The fraction of sp³-hybridized carbons (Fsp3) is 0.292. The van der Waals surface area contributed by atoms with E-state index >= 15 is 0 Å². The van der Waals surface area contributed by atoms with E-state index in [2.05, 4.69) is 63.5 Å². The Morgan fingerprint density at radius 3 is 2.78 bits per heavy atom. The first-order valence-corrected chi connectivity index (χ1v) is 11.0. The van der Waals surface area contributed by atoms with Crippen molar-refractivity contribution in [2.75, 3.05) is 5.32 Å². The van der Waals surface area contributed by atoms with Crippen LogP contribution in [0, 0.1) is 0 Å². The van der Waals surface area contributed by atoms with Crippen LogP contribution >= 0.6 is 0 Å². The molecule has 0 aliphatic heterocycles. The van der Waals surface area contributed by atoms with E-state index in [1.807, 2.05) is 10.7 Å². The molecule has 0 fully saturated rings. The molecule has 8 nitrogen and oxygen atoms in total. The maximum absolute atomic E-state index is 4.83. The number of anilines is 1. The zero-order valence-electron chi connectivity index (χ0n) is 18.1. The molecule has 0 radical (unpaired) electrons. The van der Waals surface area contributed by atoms with Crippen LogP contribution in [0.15, 0.2) is 49.2 Å². The predicted octanol–water partition coefficient (Wildman–Crippen LogP) is 4.16. The summed E-state index contributed by atoms with van der Waals surface area (Å²) in [5.74, 6) is 1.61. The maximum atomic E-state index is 4.83. The summed E-state index contributed by atoms with van der Waals surface area (Å²) < 4.78 is 1.83. The van der Waals surface area contributed by atoms with Crippen molar-refractivity contribution in [2.24, 2.45) is 0 Å². The molecule has 6 rings (SSSR count). The Balaban J connectivity index is 1.41. The second kappa shape index (κ2) is 7.40. The molecular weight excluding hydrogens is 400 g/mol. The van der Waals surface area contributed by atoms with Gasteiger partial charge in [-0.3, -0.25) is 0 Å². The predicted molar refractivity (Wildman–Crippen MR) is 124 cm³/mol. The molecule has 0 saturated carbocycles. The molecule has 160 valence electrons. The van der Waals surface area contributed by atoms with Crippen molar-refractivity contribution < 1.29 is 0 Å². The Kier molecular flexibility index (Phi) is 4.38. The molecule has 2 N–H and O–H groups in total. The average molecular weight is 425 g/mol. The lowest BCUT2D eigenvalue weighted by molar-refractivity contribution is 0.599. The lowest BCUT2D eigenvalue weighted by Gasteiger charge is -2.24. The highest BCUT2D eigenvalue weighted by Crippen LogP contribution is 2.31. The van der Waals surface area contributed by atoms with Crippen molar-refractivity contribution in [3.63, 3.8) is 0 Å². The van der Waals surface area contributed by atoms with Gasteiger partial charge in [0, 0.05) is 40.6 Å². The van der Waals surface area contributed by atoms with Gasteiger partial charge in [-0.1, -0.05) is 32.0 Å². The third-order valence-corrected chi connectivity index (χ3v) is 6.26. The van der Waals surface area contributed by atoms with Crippen molar-refractivity contribution in [2.45, 2.75) is 45.1 Å². The molecule has 4 heterocycles.